The molecule has 7 nitrogen and oxygen atoms in total. The maximum atomic E-state index is 12.5. The van der Waals surface area contributed by atoms with E-state index in [4.69, 9.17) is 10.9 Å². The van der Waals surface area contributed by atoms with E-state index in [1.165, 1.54) is 0 Å². The number of oxime groups is 1. The Morgan fingerprint density at radius 2 is 2.20 bits per heavy atom. The first-order valence-electron chi connectivity index (χ1n) is 6.92. The molecule has 1 heterocycles. The number of nitrogens with zero attached hydrogens (tertiary/aromatic N) is 2. The Morgan fingerprint density at radius 3 is 2.70 bits per heavy atom. The summed E-state index contributed by atoms with van der Waals surface area (Å²) in [5.74, 6) is 0.266. The average molecular weight is 282 g/mol. The predicted molar refractivity (Wildman–Crippen MR) is 73.0 cm³/mol. The number of rotatable bonds is 3. The van der Waals surface area contributed by atoms with Gasteiger partial charge in [-0.3, -0.25) is 9.59 Å². The summed E-state index contributed by atoms with van der Waals surface area (Å²) in [6.45, 7) is 2.54. The molecule has 1 aliphatic carbocycles. The normalized spacial score (nSPS) is 34.6. The lowest BCUT2D eigenvalue weighted by molar-refractivity contribution is -0.137. The van der Waals surface area contributed by atoms with Crippen molar-refractivity contribution in [2.75, 3.05) is 13.6 Å². The van der Waals surface area contributed by atoms with Crippen molar-refractivity contribution in [2.24, 2.45) is 22.2 Å². The summed E-state index contributed by atoms with van der Waals surface area (Å²) in [6.07, 6.45) is 2.26. The Kier molecular flexibility index (Phi) is 3.87. The van der Waals surface area contributed by atoms with E-state index in [0.717, 1.165) is 0 Å². The van der Waals surface area contributed by atoms with Crippen molar-refractivity contribution < 1.29 is 14.8 Å². The highest BCUT2D eigenvalue weighted by Crippen LogP contribution is 2.46. The van der Waals surface area contributed by atoms with Crippen LogP contribution in [-0.4, -0.2) is 47.4 Å². The van der Waals surface area contributed by atoms with Gasteiger partial charge in [0.25, 0.3) is 0 Å². The summed E-state index contributed by atoms with van der Waals surface area (Å²) in [5.41, 5.74) is 4.82. The Morgan fingerprint density at radius 1 is 1.55 bits per heavy atom. The molecule has 2 aliphatic rings. The highest BCUT2D eigenvalue weighted by molar-refractivity contribution is 6.07. The van der Waals surface area contributed by atoms with Crippen LogP contribution in [0.15, 0.2) is 5.16 Å². The van der Waals surface area contributed by atoms with Crippen LogP contribution >= 0.6 is 0 Å². The summed E-state index contributed by atoms with van der Waals surface area (Å²) in [5, 5.41) is 14.9. The second-order valence-electron chi connectivity index (χ2n) is 6.06. The number of carbonyl (C=O) groups is 2. The van der Waals surface area contributed by atoms with Gasteiger partial charge in [-0.2, -0.15) is 0 Å². The zero-order valence-corrected chi connectivity index (χ0v) is 11.9. The number of piperidine rings is 1. The number of hydrogen-bond acceptors (Lipinski definition) is 4. The first-order valence-corrected chi connectivity index (χ1v) is 6.92. The van der Waals surface area contributed by atoms with Gasteiger partial charge in [-0.1, -0.05) is 12.1 Å². The molecule has 20 heavy (non-hydrogen) atoms. The molecule has 0 aromatic rings. The highest BCUT2D eigenvalue weighted by atomic mass is 16.4. The summed E-state index contributed by atoms with van der Waals surface area (Å²) in [6, 6.07) is -0.0653. The van der Waals surface area contributed by atoms with Gasteiger partial charge in [0.15, 0.2) is 5.84 Å². The molecule has 1 saturated heterocycles. The molecule has 2 amide bonds. The number of nitrogens with two attached hydrogens (primary N) is 1. The number of hydrogen-bond donors (Lipinski definition) is 3. The van der Waals surface area contributed by atoms with Gasteiger partial charge in [0.2, 0.25) is 11.8 Å². The van der Waals surface area contributed by atoms with E-state index in [9.17, 15) is 9.59 Å². The van der Waals surface area contributed by atoms with Crippen molar-refractivity contribution in [1.29, 1.82) is 0 Å². The Bertz CT molecular complexity index is 443. The number of amides is 2. The second kappa shape index (κ2) is 5.30. The van der Waals surface area contributed by atoms with Crippen LogP contribution in [0, 0.1) is 11.3 Å². The summed E-state index contributed by atoms with van der Waals surface area (Å²) in [4.78, 5) is 25.5. The van der Waals surface area contributed by atoms with Gasteiger partial charge in [-0.05, 0) is 25.2 Å². The molecular formula is C13H22N4O3. The first kappa shape index (κ1) is 14.6. The van der Waals surface area contributed by atoms with Gasteiger partial charge < -0.3 is 21.2 Å². The molecule has 0 aromatic carbocycles. The molecule has 7 heteroatoms. The van der Waals surface area contributed by atoms with E-state index < -0.39 is 5.41 Å². The lowest BCUT2D eigenvalue weighted by Crippen LogP contribution is -2.60. The molecule has 1 aliphatic heterocycles. The number of likely N-dealkylation sites (tertiary alicyclic amines) is 1. The third kappa shape index (κ3) is 2.44. The minimum Gasteiger partial charge on any atom is -0.409 e. The van der Waals surface area contributed by atoms with E-state index in [0.29, 0.717) is 38.1 Å². The van der Waals surface area contributed by atoms with E-state index in [-0.39, 0.29) is 23.7 Å². The van der Waals surface area contributed by atoms with Gasteiger partial charge in [0.1, 0.15) is 5.41 Å². The highest BCUT2D eigenvalue weighted by Gasteiger charge is 2.52. The Labute approximate surface area is 118 Å². The van der Waals surface area contributed by atoms with Gasteiger partial charge in [-0.25, -0.2) is 0 Å². The van der Waals surface area contributed by atoms with Crippen molar-refractivity contribution in [2.45, 2.75) is 38.6 Å². The molecule has 112 valence electrons. The molecule has 0 bridgehead atoms. The molecule has 0 aromatic heterocycles. The third-order valence-electron chi connectivity index (χ3n) is 4.39. The van der Waals surface area contributed by atoms with Crippen LogP contribution in [0.5, 0.6) is 0 Å². The van der Waals surface area contributed by atoms with Crippen LogP contribution in [-0.2, 0) is 9.59 Å². The molecule has 0 spiro atoms. The van der Waals surface area contributed by atoms with Crippen LogP contribution in [0.25, 0.3) is 0 Å². The standard InChI is InChI=1S/C13H22N4O3/c1-8-5-13(6-8,11(14)16-20)12(19)15-9-3-4-10(18)17(2)7-9/h8-9,20H,3-7H2,1-2H3,(H2,14,16)(H,15,19). The molecule has 4 N–H and O–H groups in total. The molecule has 2 rings (SSSR count). The topological polar surface area (TPSA) is 108 Å². The van der Waals surface area contributed by atoms with Crippen LogP contribution in [0.3, 0.4) is 0 Å². The van der Waals surface area contributed by atoms with E-state index in [1.54, 1.807) is 11.9 Å². The first-order chi connectivity index (χ1) is 9.39. The Hall–Kier alpha value is -1.79. The van der Waals surface area contributed by atoms with E-state index >= 15 is 0 Å². The number of likely N-dealkylation sites (N-methyl/N-ethyl adjacent to an activating group) is 1. The summed E-state index contributed by atoms with van der Waals surface area (Å²) >= 11 is 0. The fourth-order valence-corrected chi connectivity index (χ4v) is 3.19. The Balaban J connectivity index is 2.02. The maximum Gasteiger partial charge on any atom is 0.234 e. The van der Waals surface area contributed by atoms with Gasteiger partial charge >= 0.3 is 0 Å². The molecule has 2 fully saturated rings. The number of carbonyl (C=O) groups excluding carboxylic acids is 2. The van der Waals surface area contributed by atoms with Crippen molar-refractivity contribution in [1.82, 2.24) is 10.2 Å². The van der Waals surface area contributed by atoms with Crippen molar-refractivity contribution >= 4 is 17.6 Å². The second-order valence-corrected chi connectivity index (χ2v) is 6.06. The zero-order valence-electron chi connectivity index (χ0n) is 11.9. The fourth-order valence-electron chi connectivity index (χ4n) is 3.19. The zero-order chi connectivity index (χ0) is 14.9. The summed E-state index contributed by atoms with van der Waals surface area (Å²) in [7, 11) is 1.73. The van der Waals surface area contributed by atoms with E-state index in [2.05, 4.69) is 10.5 Å². The number of amidine groups is 1. The lowest BCUT2D eigenvalue weighted by atomic mass is 9.61. The van der Waals surface area contributed by atoms with Crippen LogP contribution < -0.4 is 11.1 Å². The third-order valence-corrected chi connectivity index (χ3v) is 4.39. The minimum atomic E-state index is -0.881. The predicted octanol–water partition coefficient (Wildman–Crippen LogP) is -0.114. The monoisotopic (exact) mass is 282 g/mol. The van der Waals surface area contributed by atoms with Crippen molar-refractivity contribution in [3.05, 3.63) is 0 Å². The lowest BCUT2D eigenvalue weighted by Gasteiger charge is -2.44. The molecule has 1 unspecified atom stereocenters. The quantitative estimate of drug-likeness (QED) is 0.290. The molecular weight excluding hydrogens is 260 g/mol. The van der Waals surface area contributed by atoms with Gasteiger partial charge in [0, 0.05) is 26.1 Å². The average Bonchev–Trinajstić information content (AvgIpc) is 2.38. The van der Waals surface area contributed by atoms with Crippen molar-refractivity contribution in [3.8, 4) is 0 Å². The molecule has 0 radical (unpaired) electrons. The minimum absolute atomic E-state index is 0.0201. The van der Waals surface area contributed by atoms with E-state index in [1.807, 2.05) is 6.92 Å². The fraction of sp³-hybridized carbons (Fsp3) is 0.769. The molecule has 1 atom stereocenters. The number of nitrogens with one attached hydrogen (secondary N) is 1. The largest absolute Gasteiger partial charge is 0.409 e. The smallest absolute Gasteiger partial charge is 0.234 e. The van der Waals surface area contributed by atoms with Crippen LogP contribution in [0.2, 0.25) is 0 Å². The SMILES string of the molecule is CC1CC(C(=O)NC2CCC(=O)N(C)C2)(C(N)=NO)C1. The summed E-state index contributed by atoms with van der Waals surface area (Å²) < 4.78 is 0. The van der Waals surface area contributed by atoms with Gasteiger partial charge in [0.05, 0.1) is 0 Å². The maximum absolute atomic E-state index is 12.5. The molecule has 1 saturated carbocycles. The van der Waals surface area contributed by atoms with Crippen LogP contribution in [0.4, 0.5) is 0 Å². The van der Waals surface area contributed by atoms with Crippen LogP contribution in [0.1, 0.15) is 32.6 Å². The van der Waals surface area contributed by atoms with Gasteiger partial charge in [-0.15, -0.1) is 0 Å². The van der Waals surface area contributed by atoms with Crippen molar-refractivity contribution in [3.63, 3.8) is 0 Å².